The molecule has 0 bridgehead atoms. The molecule has 0 saturated carbocycles. The molecule has 6 nitrogen and oxygen atoms in total. The Morgan fingerprint density at radius 3 is 1.14 bits per heavy atom. The second kappa shape index (κ2) is 4.79. The molecule has 0 spiro atoms. The molecule has 0 aromatic carbocycles. The average Bonchev–Trinajstić information content (AvgIpc) is 1.72. The molecule has 0 aliphatic carbocycles. The summed E-state index contributed by atoms with van der Waals surface area (Å²) in [5.41, 5.74) is 0. The number of hydrogen-bond acceptors (Lipinski definition) is 6. The molecule has 0 amide bonds. The Morgan fingerprint density at radius 1 is 0.857 bits per heavy atom. The van der Waals surface area contributed by atoms with Crippen molar-refractivity contribution in [3.05, 3.63) is 0 Å². The Balaban J connectivity index is 2.99. The zero-order chi connectivity index (χ0) is 5.70. The second-order valence-electron chi connectivity index (χ2n) is 0.469. The molecule has 0 aromatic heterocycles. The van der Waals surface area contributed by atoms with Crippen LogP contribution in [0.5, 0.6) is 0 Å². The first kappa shape index (κ1) is 7.64. The monoisotopic (exact) mass is 308 g/mol. The first-order valence-electron chi connectivity index (χ1n) is 1.10. The van der Waals surface area contributed by atoms with E-state index in [1.165, 1.54) is 0 Å². The normalized spacial score (nSPS) is 10.3. The summed E-state index contributed by atoms with van der Waals surface area (Å²) in [6.45, 7) is 0. The van der Waals surface area contributed by atoms with Crippen LogP contribution in [0.4, 0.5) is 0 Å². The minimum atomic E-state index is -3.54. The molecule has 7 heteroatoms. The van der Waals surface area contributed by atoms with E-state index >= 15 is 0 Å². The van der Waals surface area contributed by atoms with Crippen molar-refractivity contribution in [3.8, 4) is 0 Å². The summed E-state index contributed by atoms with van der Waals surface area (Å²) in [5, 5.41) is 22.6. The Kier molecular flexibility index (Phi) is 5.23. The van der Waals surface area contributed by atoms with E-state index in [1.807, 2.05) is 0 Å². The maximum atomic E-state index is 7.55. The van der Waals surface area contributed by atoms with Gasteiger partial charge in [-0.3, -0.25) is 0 Å². The molecule has 0 atom stereocenters. The van der Waals surface area contributed by atoms with E-state index in [4.69, 9.17) is 15.8 Å². The Labute approximate surface area is 48.2 Å². The molecule has 0 fully saturated rings. The zero-order valence-corrected chi connectivity index (χ0v) is 6.49. The van der Waals surface area contributed by atoms with Gasteiger partial charge in [0.25, 0.3) is 0 Å². The molecule has 0 aliphatic rings. The van der Waals surface area contributed by atoms with Gasteiger partial charge < -0.3 is 0 Å². The van der Waals surface area contributed by atoms with Gasteiger partial charge in [-0.1, -0.05) is 0 Å². The quantitative estimate of drug-likeness (QED) is 0.368. The van der Waals surface area contributed by atoms with Crippen LogP contribution in [-0.4, -0.2) is 38.8 Å². The van der Waals surface area contributed by atoms with E-state index in [-0.39, 0.29) is 0 Å². The summed E-state index contributed by atoms with van der Waals surface area (Å²) in [6.07, 6.45) is 0. The van der Waals surface area contributed by atoms with Crippen molar-refractivity contribution in [2.75, 3.05) is 0 Å². The van der Waals surface area contributed by atoms with Gasteiger partial charge in [-0.2, -0.15) is 0 Å². The van der Waals surface area contributed by atoms with E-state index in [9.17, 15) is 0 Å². The van der Waals surface area contributed by atoms with Gasteiger partial charge >= 0.3 is 47.7 Å². The maximum absolute atomic E-state index is 7.55. The molecule has 0 aromatic rings. The van der Waals surface area contributed by atoms with Crippen LogP contribution < -0.4 is 0 Å². The minimum absolute atomic E-state index is 3.31. The van der Waals surface area contributed by atoms with Crippen molar-refractivity contribution >= 4 is 23.1 Å². The van der Waals surface area contributed by atoms with Crippen LogP contribution in [-0.2, 0) is 8.89 Å². The van der Waals surface area contributed by atoms with Crippen molar-refractivity contribution in [1.29, 1.82) is 0 Å². The summed E-state index contributed by atoms with van der Waals surface area (Å²) in [6, 6.07) is 0. The molecular weight excluding hydrogens is 305 g/mol. The van der Waals surface area contributed by atoms with Crippen molar-refractivity contribution in [2.24, 2.45) is 0 Å². The predicted octanol–water partition coefficient (Wildman–Crippen LogP) is -0.560. The molecule has 7 heavy (non-hydrogen) atoms. The summed E-state index contributed by atoms with van der Waals surface area (Å²) >= 11 is -3.54. The van der Waals surface area contributed by atoms with Gasteiger partial charge in [0.05, 0.1) is 0 Å². The fraction of sp³-hybridized carbons (Fsp3) is 0. The molecule has 0 unspecified atom stereocenters. The van der Waals surface area contributed by atoms with Crippen molar-refractivity contribution in [1.82, 2.24) is 0 Å². The van der Waals surface area contributed by atoms with Crippen LogP contribution in [0.2, 0.25) is 0 Å². The Bertz CT molecular complexity index is 25.7. The summed E-state index contributed by atoms with van der Waals surface area (Å²) in [7, 11) is 0. The fourth-order valence-electron chi connectivity index (χ4n) is 0.0447. The first-order chi connectivity index (χ1) is 3.35. The molecule has 0 radical (unpaired) electrons. The fourth-order valence-corrected chi connectivity index (χ4v) is 0.392. The summed E-state index contributed by atoms with van der Waals surface area (Å²) in [5.74, 6) is 0. The standard InChI is InChI=1S/Bi.3H2O2/c;3*1-2/h;3*1-2H/q+3;;;/p-3. The zero-order valence-electron chi connectivity index (χ0n) is 3.01. The molecule has 0 rings (SSSR count). The summed E-state index contributed by atoms with van der Waals surface area (Å²) < 4.78 is 9.92. The van der Waals surface area contributed by atoms with Crippen molar-refractivity contribution in [2.45, 2.75) is 0 Å². The predicted molar refractivity (Wildman–Crippen MR) is 16.9 cm³/mol. The van der Waals surface area contributed by atoms with Crippen LogP contribution in [0.15, 0.2) is 0 Å². The first-order valence-corrected chi connectivity index (χ1v) is 5.35. The number of rotatable bonds is 3. The van der Waals surface area contributed by atoms with E-state index in [0.29, 0.717) is 0 Å². The van der Waals surface area contributed by atoms with E-state index in [1.54, 1.807) is 0 Å². The SMILES string of the molecule is O[O][Bi]([O]O)[O]O. The van der Waals surface area contributed by atoms with Crippen molar-refractivity contribution in [3.63, 3.8) is 0 Å². The molecule has 0 saturated heterocycles. The molecule has 0 heterocycles. The van der Waals surface area contributed by atoms with Gasteiger partial charge in [0, 0.05) is 0 Å². The van der Waals surface area contributed by atoms with Gasteiger partial charge in [0.15, 0.2) is 0 Å². The third-order valence-electron chi connectivity index (χ3n) is 0.200. The van der Waals surface area contributed by atoms with Gasteiger partial charge in [-0.25, -0.2) is 0 Å². The van der Waals surface area contributed by atoms with Crippen molar-refractivity contribution < 1.29 is 24.7 Å². The third kappa shape index (κ3) is 3.25. The Morgan fingerprint density at radius 2 is 1.14 bits per heavy atom. The van der Waals surface area contributed by atoms with Crippen LogP contribution in [0.1, 0.15) is 0 Å². The van der Waals surface area contributed by atoms with Gasteiger partial charge in [0.2, 0.25) is 0 Å². The average molecular weight is 308 g/mol. The van der Waals surface area contributed by atoms with Crippen LogP contribution in [0.25, 0.3) is 0 Å². The topological polar surface area (TPSA) is 88.4 Å². The third-order valence-corrected chi connectivity index (χ3v) is 1.75. The molecule has 44 valence electrons. The van der Waals surface area contributed by atoms with E-state index in [0.717, 1.165) is 0 Å². The van der Waals surface area contributed by atoms with Crippen LogP contribution in [0.3, 0.4) is 0 Å². The molecule has 3 N–H and O–H groups in total. The Hall–Kier alpha value is 0.643. The van der Waals surface area contributed by atoms with Crippen LogP contribution in [0, 0.1) is 0 Å². The van der Waals surface area contributed by atoms with Gasteiger partial charge in [-0.15, -0.1) is 0 Å². The van der Waals surface area contributed by atoms with Crippen LogP contribution >= 0.6 is 0 Å². The van der Waals surface area contributed by atoms with E-state index in [2.05, 4.69) is 8.89 Å². The summed E-state index contributed by atoms with van der Waals surface area (Å²) in [4.78, 5) is 0. The van der Waals surface area contributed by atoms with Gasteiger partial charge in [-0.05, 0) is 0 Å². The van der Waals surface area contributed by atoms with E-state index < -0.39 is 23.1 Å². The second-order valence-corrected chi connectivity index (χ2v) is 4.11. The number of hydrogen-bond donors (Lipinski definition) is 3. The van der Waals surface area contributed by atoms with Gasteiger partial charge in [0.1, 0.15) is 0 Å². The molecule has 0 aliphatic heterocycles. The molecular formula is H3BiO6.